The Hall–Kier alpha value is -4.08. The van der Waals surface area contributed by atoms with Gasteiger partial charge in [0.1, 0.15) is 250 Å². The molecular formula is C74H124N4O53. The molecule has 0 unspecified atom stereocenters. The van der Waals surface area contributed by atoms with Crippen LogP contribution in [0.2, 0.25) is 0 Å². The van der Waals surface area contributed by atoms with E-state index in [1.807, 2.05) is 0 Å². The summed E-state index contributed by atoms with van der Waals surface area (Å²) < 4.78 is 127. The van der Waals surface area contributed by atoms with E-state index in [9.17, 15) is 162 Å². The molecule has 11 fully saturated rings. The molecule has 0 aromatic rings. The molecule has 57 heteroatoms. The van der Waals surface area contributed by atoms with Crippen LogP contribution >= 0.6 is 0 Å². The number of rotatable bonds is 32. The number of carbonyl (C=O) groups excluding carboxylic acids is 4. The first-order valence-corrected chi connectivity index (χ1v) is 42.2. The topological polar surface area (TPSA) is 877 Å². The van der Waals surface area contributed by atoms with E-state index < -0.39 is 414 Å². The van der Waals surface area contributed by atoms with Crippen LogP contribution in [0.3, 0.4) is 0 Å². The van der Waals surface area contributed by atoms with Crippen molar-refractivity contribution in [1.82, 2.24) is 21.3 Å². The third kappa shape index (κ3) is 23.7. The van der Waals surface area contributed by atoms with E-state index in [-0.39, 0.29) is 0 Å². The van der Waals surface area contributed by atoms with Gasteiger partial charge in [-0.15, -0.1) is 0 Å². The summed E-state index contributed by atoms with van der Waals surface area (Å²) in [5.74, 6) is -3.88. The fraction of sp³-hybridized carbons (Fsp3) is 0.946. The van der Waals surface area contributed by atoms with E-state index in [0.29, 0.717) is 0 Å². The highest BCUT2D eigenvalue weighted by Crippen LogP contribution is 2.42. The van der Waals surface area contributed by atoms with Gasteiger partial charge in [0.2, 0.25) is 23.6 Å². The summed E-state index contributed by atoms with van der Waals surface area (Å²) >= 11 is 0. The minimum absolute atomic E-state index is 0.873. The Balaban J connectivity index is 0.961. The molecule has 32 N–H and O–H groups in total. The molecule has 0 radical (unpaired) electrons. The molecule has 55 atom stereocenters. The lowest BCUT2D eigenvalue weighted by Crippen LogP contribution is -2.72. The standard InChI is InChI=1S/C74H124N4O53/c1-16-35(89)45(99)50(104)68(113-16)112-15-30-58(59(33(64(110)116-30)77-21(6)87)127-70-51(105)46(100)36(90)17(2)114-70)126-66-32(76-20(5)86)44(98)56(27(12-83)121-66)124-73-55(109)62(42(96)29(123-73)14-111-69-54(108)61(41(95)26(11-82)118-69)129-72-53(107)48(102)39(93)24(9-80)119-72)130-74-63(49(103)40(94)25(10-81)120-74)131-67-34(78-22(7)88)60(128-71-52(106)47(101)37(91)18(3)115-71)57(28(13-84)122-67)125-65-31(75-19(4)85)43(97)38(92)23(8-79)117-65/h16-18,23-74,79-84,89-110H,8-15H2,1-7H3,(H,75,85)(H,76,86)(H,77,87)(H,78,88)/t16-,17-,18-,23+,24+,25+,26+,27+,28+,29+,30+,31+,32+,33+,34+,35+,36+,37+,38-,39+,40+,41+,42+,43+,44+,45+,46+,47+,48-,49-,50-,51-,52-,53-,54-,55-,56+,57+,58+,59+,60+,61-,62-,63-,64+,65-,66-,67-,68+,69-,70-,71-,72+,73-,74+/m0/s1. The van der Waals surface area contributed by atoms with Crippen LogP contribution in [-0.4, -0.2) is 557 Å². The summed E-state index contributed by atoms with van der Waals surface area (Å²) in [7, 11) is 0. The van der Waals surface area contributed by atoms with Crippen LogP contribution in [0.1, 0.15) is 48.5 Å². The zero-order valence-electron chi connectivity index (χ0n) is 71.1. The Kier molecular flexibility index (Phi) is 38.0. The quantitative estimate of drug-likeness (QED) is 0.0297. The minimum Gasteiger partial charge on any atom is -0.394 e. The second kappa shape index (κ2) is 46.3. The monoisotopic (exact) mass is 1920 g/mol. The average molecular weight is 1920 g/mol. The summed E-state index contributed by atoms with van der Waals surface area (Å²) in [4.78, 5) is 53.0. The van der Waals surface area contributed by atoms with Crippen LogP contribution in [-0.2, 0) is 119 Å². The maximum absolute atomic E-state index is 13.7. The van der Waals surface area contributed by atoms with Crippen LogP contribution in [0.15, 0.2) is 0 Å². The average Bonchev–Trinajstić information content (AvgIpc) is 0.759. The summed E-state index contributed by atoms with van der Waals surface area (Å²) in [5.41, 5.74) is 0. The SMILES string of the molecule is CC(=O)N[C@@H]1[C@@H](O[C@@H]2O[C@@H](C)[C@@H](O)[C@@H](O)[C@@H]2O)[C@H](O[C@@H]2O[C@H](CO)[C@@H](O[C@@H]3O[C@H](CO[C@H]4O[C@H](CO)[C@@H](O)[C@H](O[C@H]5O[C@H](CO)[C@@H](O)[C@H](O)[C@@H]5O)[C@@H]4O)[C@@H](O)[C@H](O[C@H]4O[C@H](CO)[C@@H](O)[C@H](O)[C@@H]4O[C@@H]4O[C@H](CO)[C@@H](O[C@@H]5O[C@H](CO)[C@H](O)[C@H](O)[C@H]5NC(C)=O)[C@H](O[C@@H]5O[C@@H](C)[C@@H](O)[C@@H](O)[C@@H]5O)[C@H]4NC(C)=O)[C@@H]3O)[C@H](O)[C@H]2NC(C)=O)[C@@H](CO[C@@H]2O[C@@H](C)[C@@H](O)[C@@H](O)[C@@H]2O)O[C@H]1O. The first-order chi connectivity index (χ1) is 61.8. The maximum atomic E-state index is 13.7. The van der Waals surface area contributed by atoms with Crippen molar-refractivity contribution in [3.05, 3.63) is 0 Å². The molecule has 11 heterocycles. The van der Waals surface area contributed by atoms with Crippen LogP contribution in [0, 0.1) is 0 Å². The number of ether oxygens (including phenoxy) is 21. The number of amides is 4. The van der Waals surface area contributed by atoms with Gasteiger partial charge in [-0.3, -0.25) is 19.2 Å². The zero-order valence-corrected chi connectivity index (χ0v) is 71.1. The molecule has 11 aliphatic rings. The van der Waals surface area contributed by atoms with Gasteiger partial charge in [-0.25, -0.2) is 0 Å². The molecule has 758 valence electrons. The van der Waals surface area contributed by atoms with E-state index in [1.54, 1.807) is 0 Å². The molecule has 0 saturated carbocycles. The van der Waals surface area contributed by atoms with E-state index in [0.717, 1.165) is 27.7 Å². The van der Waals surface area contributed by atoms with Gasteiger partial charge >= 0.3 is 0 Å². The van der Waals surface area contributed by atoms with Crippen LogP contribution < -0.4 is 21.3 Å². The lowest BCUT2D eigenvalue weighted by molar-refractivity contribution is -0.402. The molecule has 131 heavy (non-hydrogen) atoms. The van der Waals surface area contributed by atoms with Gasteiger partial charge in [0.15, 0.2) is 69.2 Å². The van der Waals surface area contributed by atoms with E-state index >= 15 is 0 Å². The summed E-state index contributed by atoms with van der Waals surface area (Å²) in [6.07, 6.45) is -106. The van der Waals surface area contributed by atoms with Crippen molar-refractivity contribution in [2.75, 3.05) is 52.9 Å². The first-order valence-electron chi connectivity index (χ1n) is 42.2. The van der Waals surface area contributed by atoms with Crippen LogP contribution in [0.4, 0.5) is 0 Å². The Morgan fingerprint density at radius 3 is 0.969 bits per heavy atom. The molecule has 57 nitrogen and oxygen atoms in total. The Labute approximate surface area is 743 Å². The fourth-order valence-corrected chi connectivity index (χ4v) is 17.2. The smallest absolute Gasteiger partial charge is 0.217 e. The first kappa shape index (κ1) is 107. The van der Waals surface area contributed by atoms with E-state index in [1.165, 1.54) is 20.8 Å². The number of carbonyl (C=O) groups is 4. The van der Waals surface area contributed by atoms with E-state index in [2.05, 4.69) is 21.3 Å². The number of aliphatic hydroxyl groups excluding tert-OH is 28. The largest absolute Gasteiger partial charge is 0.394 e. The molecule has 0 spiro atoms. The number of nitrogens with one attached hydrogen (secondary N) is 4. The minimum atomic E-state index is -2.68. The number of aliphatic hydroxyl groups is 28. The van der Waals surface area contributed by atoms with Gasteiger partial charge in [0.05, 0.1) is 71.2 Å². The fourth-order valence-electron chi connectivity index (χ4n) is 17.2. The van der Waals surface area contributed by atoms with Gasteiger partial charge in [0.25, 0.3) is 0 Å². The summed E-state index contributed by atoms with van der Waals surface area (Å²) in [6.45, 7) is -1.67. The third-order valence-corrected chi connectivity index (χ3v) is 24.4. The van der Waals surface area contributed by atoms with Crippen molar-refractivity contribution >= 4 is 23.6 Å². The molecule has 11 rings (SSSR count). The lowest BCUT2D eigenvalue weighted by Gasteiger charge is -2.52. The van der Waals surface area contributed by atoms with Gasteiger partial charge in [0, 0.05) is 27.7 Å². The summed E-state index contributed by atoms with van der Waals surface area (Å²) in [5, 5.41) is 325. The molecule has 11 saturated heterocycles. The van der Waals surface area contributed by atoms with Gasteiger partial charge < -0.3 is 264 Å². The predicted molar refractivity (Wildman–Crippen MR) is 404 cm³/mol. The molecule has 0 aromatic carbocycles. The van der Waals surface area contributed by atoms with Gasteiger partial charge in [-0.1, -0.05) is 0 Å². The highest BCUT2D eigenvalue weighted by Gasteiger charge is 2.63. The maximum Gasteiger partial charge on any atom is 0.217 e. The van der Waals surface area contributed by atoms with Crippen molar-refractivity contribution in [3.8, 4) is 0 Å². The predicted octanol–water partition coefficient (Wildman–Crippen LogP) is -21.3. The highest BCUT2D eigenvalue weighted by atomic mass is 16.8. The second-order valence-corrected chi connectivity index (χ2v) is 33.8. The van der Waals surface area contributed by atoms with Crippen molar-refractivity contribution in [2.45, 2.75) is 386 Å². The summed E-state index contributed by atoms with van der Waals surface area (Å²) in [6, 6.07) is -7.89. The third-order valence-electron chi connectivity index (χ3n) is 24.4. The molecule has 4 amide bonds. The second-order valence-electron chi connectivity index (χ2n) is 33.8. The molecule has 0 bridgehead atoms. The van der Waals surface area contributed by atoms with Crippen LogP contribution in [0.25, 0.3) is 0 Å². The zero-order chi connectivity index (χ0) is 96.4. The van der Waals surface area contributed by atoms with Crippen molar-refractivity contribution < 1.29 is 262 Å². The molecule has 0 aliphatic carbocycles. The Morgan fingerprint density at radius 2 is 0.489 bits per heavy atom. The van der Waals surface area contributed by atoms with E-state index in [4.69, 9.17) is 99.5 Å². The Morgan fingerprint density at radius 1 is 0.214 bits per heavy atom. The highest BCUT2D eigenvalue weighted by molar-refractivity contribution is 5.74. The molecule has 11 aliphatic heterocycles. The van der Waals surface area contributed by atoms with Crippen molar-refractivity contribution in [3.63, 3.8) is 0 Å². The molecular weight excluding hydrogens is 1790 g/mol. The van der Waals surface area contributed by atoms with Crippen molar-refractivity contribution in [2.24, 2.45) is 0 Å². The lowest BCUT2D eigenvalue weighted by atomic mass is 9.93. The number of hydrogen-bond acceptors (Lipinski definition) is 53. The van der Waals surface area contributed by atoms with Crippen LogP contribution in [0.5, 0.6) is 0 Å². The van der Waals surface area contributed by atoms with Gasteiger partial charge in [-0.2, -0.15) is 0 Å². The molecule has 0 aromatic heterocycles. The van der Waals surface area contributed by atoms with Crippen molar-refractivity contribution in [1.29, 1.82) is 0 Å². The Bertz CT molecular complexity index is 3590. The normalized spacial score (nSPS) is 50.7. The van der Waals surface area contributed by atoms with Gasteiger partial charge in [-0.05, 0) is 20.8 Å². The number of hydrogen-bond donors (Lipinski definition) is 32.